The number of aliphatic hydroxyl groups excluding tert-OH is 1. The molecule has 100 valence electrons. The van der Waals surface area contributed by atoms with Crippen LogP contribution in [0, 0.1) is 0 Å². The maximum absolute atomic E-state index is 10.1. The van der Waals surface area contributed by atoms with Gasteiger partial charge in [0.05, 0.1) is 6.26 Å². The molecule has 2 rings (SSSR count). The molecule has 0 radical (unpaired) electrons. The summed E-state index contributed by atoms with van der Waals surface area (Å²) in [6.45, 7) is 6.39. The van der Waals surface area contributed by atoms with E-state index in [1.54, 1.807) is 6.26 Å². The lowest BCUT2D eigenvalue weighted by Gasteiger charge is -2.24. The second-order valence-electron chi connectivity index (χ2n) is 5.34. The molecule has 2 heterocycles. The van der Waals surface area contributed by atoms with Gasteiger partial charge in [-0.05, 0) is 51.8 Å². The quantitative estimate of drug-likeness (QED) is 0.814. The fourth-order valence-electron chi connectivity index (χ4n) is 2.56. The van der Waals surface area contributed by atoms with Crippen molar-refractivity contribution in [2.45, 2.75) is 45.3 Å². The predicted molar refractivity (Wildman–Crippen MR) is 72.3 cm³/mol. The van der Waals surface area contributed by atoms with Gasteiger partial charge in [0.15, 0.2) is 0 Å². The molecule has 1 aromatic rings. The molecule has 1 aromatic heterocycles. The van der Waals surface area contributed by atoms with Crippen molar-refractivity contribution in [3.8, 4) is 0 Å². The van der Waals surface area contributed by atoms with Crippen LogP contribution in [0.4, 0.5) is 0 Å². The van der Waals surface area contributed by atoms with Crippen molar-refractivity contribution < 1.29 is 9.52 Å². The second-order valence-corrected chi connectivity index (χ2v) is 5.34. The molecule has 0 amide bonds. The van der Waals surface area contributed by atoms with Gasteiger partial charge in [0, 0.05) is 12.6 Å². The maximum Gasteiger partial charge on any atom is 0.132 e. The summed E-state index contributed by atoms with van der Waals surface area (Å²) < 4.78 is 5.26. The van der Waals surface area contributed by atoms with Gasteiger partial charge in [-0.1, -0.05) is 11.6 Å². The number of rotatable bonds is 5. The molecule has 2 atom stereocenters. The molecule has 1 fully saturated rings. The smallest absolute Gasteiger partial charge is 0.132 e. The average Bonchev–Trinajstić information content (AvgIpc) is 2.97. The molecule has 1 N–H and O–H groups in total. The van der Waals surface area contributed by atoms with Crippen molar-refractivity contribution >= 4 is 0 Å². The Morgan fingerprint density at radius 3 is 3.11 bits per heavy atom. The predicted octanol–water partition coefficient (Wildman–Crippen LogP) is 3.13. The Kier molecular flexibility index (Phi) is 4.61. The van der Waals surface area contributed by atoms with Crippen LogP contribution in [-0.2, 0) is 0 Å². The number of aliphatic hydroxyl groups is 1. The summed E-state index contributed by atoms with van der Waals surface area (Å²) in [5, 5.41) is 10.1. The molecule has 1 aliphatic rings. The van der Waals surface area contributed by atoms with Crippen LogP contribution in [0.5, 0.6) is 0 Å². The molecule has 2 unspecified atom stereocenters. The van der Waals surface area contributed by atoms with Crippen molar-refractivity contribution in [1.82, 2.24) is 4.90 Å². The highest BCUT2D eigenvalue weighted by molar-refractivity contribution is 5.03. The van der Waals surface area contributed by atoms with Gasteiger partial charge in [0.25, 0.3) is 0 Å². The molecule has 0 aromatic carbocycles. The molecule has 0 spiro atoms. The minimum Gasteiger partial charge on any atom is -0.467 e. The third kappa shape index (κ3) is 3.47. The van der Waals surface area contributed by atoms with E-state index in [9.17, 15) is 5.11 Å². The van der Waals surface area contributed by atoms with E-state index in [1.165, 1.54) is 18.4 Å². The Labute approximate surface area is 109 Å². The molecule has 0 aliphatic carbocycles. The molecule has 0 bridgehead atoms. The summed E-state index contributed by atoms with van der Waals surface area (Å²) >= 11 is 0. The van der Waals surface area contributed by atoms with Crippen LogP contribution in [0.1, 0.15) is 45.0 Å². The van der Waals surface area contributed by atoms with Gasteiger partial charge in [-0.3, -0.25) is 4.90 Å². The number of allylic oxidation sites excluding steroid dienone is 1. The first-order chi connectivity index (χ1) is 8.66. The monoisotopic (exact) mass is 249 g/mol. The topological polar surface area (TPSA) is 36.6 Å². The highest BCUT2D eigenvalue weighted by Crippen LogP contribution is 2.27. The highest BCUT2D eigenvalue weighted by Gasteiger charge is 2.27. The molecular weight excluding hydrogens is 226 g/mol. The van der Waals surface area contributed by atoms with Crippen molar-refractivity contribution in [3.63, 3.8) is 0 Å². The molecule has 1 aliphatic heterocycles. The zero-order chi connectivity index (χ0) is 13.0. The summed E-state index contributed by atoms with van der Waals surface area (Å²) in [5.41, 5.74) is 1.35. The fourth-order valence-corrected chi connectivity index (χ4v) is 2.56. The minimum absolute atomic E-state index is 0.473. The van der Waals surface area contributed by atoms with E-state index in [0.717, 1.165) is 19.5 Å². The van der Waals surface area contributed by atoms with E-state index >= 15 is 0 Å². The van der Waals surface area contributed by atoms with Gasteiger partial charge in [0.1, 0.15) is 11.9 Å². The first kappa shape index (κ1) is 13.4. The van der Waals surface area contributed by atoms with Crippen molar-refractivity contribution in [3.05, 3.63) is 35.8 Å². The standard InChI is InChI=1S/C15H23NO2/c1-12(2)7-9-16-8-3-5-13(16)11-14(17)15-6-4-10-18-15/h4,6-7,10,13-14,17H,3,5,8-9,11H2,1-2H3. The first-order valence-corrected chi connectivity index (χ1v) is 6.75. The van der Waals surface area contributed by atoms with Crippen LogP contribution in [0.2, 0.25) is 0 Å². The lowest BCUT2D eigenvalue weighted by atomic mass is 10.1. The van der Waals surface area contributed by atoms with Crippen LogP contribution in [0.15, 0.2) is 34.5 Å². The fraction of sp³-hybridized carbons (Fsp3) is 0.600. The van der Waals surface area contributed by atoms with E-state index in [-0.39, 0.29) is 0 Å². The Hall–Kier alpha value is -1.06. The van der Waals surface area contributed by atoms with Crippen LogP contribution in [-0.4, -0.2) is 29.1 Å². The molecule has 3 heteroatoms. The van der Waals surface area contributed by atoms with Crippen LogP contribution in [0.25, 0.3) is 0 Å². The number of hydrogen-bond donors (Lipinski definition) is 1. The van der Waals surface area contributed by atoms with Crippen molar-refractivity contribution in [2.75, 3.05) is 13.1 Å². The Balaban J connectivity index is 1.89. The molecule has 3 nitrogen and oxygen atoms in total. The lowest BCUT2D eigenvalue weighted by Crippen LogP contribution is -2.31. The summed E-state index contributed by atoms with van der Waals surface area (Å²) in [5.74, 6) is 0.684. The number of furan rings is 1. The van der Waals surface area contributed by atoms with Gasteiger partial charge < -0.3 is 9.52 Å². The minimum atomic E-state index is -0.475. The number of likely N-dealkylation sites (tertiary alicyclic amines) is 1. The SMILES string of the molecule is CC(C)=CCN1CCCC1CC(O)c1ccco1. The molecular formula is C15H23NO2. The summed E-state index contributed by atoms with van der Waals surface area (Å²) in [4.78, 5) is 2.46. The zero-order valence-electron chi connectivity index (χ0n) is 11.3. The molecule has 18 heavy (non-hydrogen) atoms. The van der Waals surface area contributed by atoms with E-state index in [4.69, 9.17) is 4.42 Å². The van der Waals surface area contributed by atoms with Gasteiger partial charge in [-0.2, -0.15) is 0 Å². The highest BCUT2D eigenvalue weighted by atomic mass is 16.4. The second kappa shape index (κ2) is 6.21. The Morgan fingerprint density at radius 2 is 2.44 bits per heavy atom. The van der Waals surface area contributed by atoms with Gasteiger partial charge in [0.2, 0.25) is 0 Å². The third-order valence-electron chi connectivity index (χ3n) is 3.60. The Bertz CT molecular complexity index is 379. The van der Waals surface area contributed by atoms with Crippen molar-refractivity contribution in [2.24, 2.45) is 0 Å². The molecule has 0 saturated carbocycles. The molecule has 1 saturated heterocycles. The van der Waals surface area contributed by atoms with E-state index in [1.807, 2.05) is 12.1 Å². The van der Waals surface area contributed by atoms with E-state index in [0.29, 0.717) is 11.8 Å². The van der Waals surface area contributed by atoms with Gasteiger partial charge in [-0.25, -0.2) is 0 Å². The van der Waals surface area contributed by atoms with Crippen LogP contribution >= 0.6 is 0 Å². The first-order valence-electron chi connectivity index (χ1n) is 6.75. The summed E-state index contributed by atoms with van der Waals surface area (Å²) in [6, 6.07) is 4.15. The van der Waals surface area contributed by atoms with E-state index in [2.05, 4.69) is 24.8 Å². The normalized spacial score (nSPS) is 22.1. The van der Waals surface area contributed by atoms with E-state index < -0.39 is 6.10 Å². The average molecular weight is 249 g/mol. The number of hydrogen-bond acceptors (Lipinski definition) is 3. The largest absolute Gasteiger partial charge is 0.467 e. The zero-order valence-corrected chi connectivity index (χ0v) is 11.3. The van der Waals surface area contributed by atoms with Gasteiger partial charge in [-0.15, -0.1) is 0 Å². The van der Waals surface area contributed by atoms with Gasteiger partial charge >= 0.3 is 0 Å². The summed E-state index contributed by atoms with van der Waals surface area (Å²) in [6.07, 6.45) is 6.58. The van der Waals surface area contributed by atoms with Crippen molar-refractivity contribution in [1.29, 1.82) is 0 Å². The lowest BCUT2D eigenvalue weighted by molar-refractivity contribution is 0.105. The Morgan fingerprint density at radius 1 is 1.61 bits per heavy atom. The number of nitrogens with zero attached hydrogens (tertiary/aromatic N) is 1. The summed E-state index contributed by atoms with van der Waals surface area (Å²) in [7, 11) is 0. The van der Waals surface area contributed by atoms with Crippen LogP contribution < -0.4 is 0 Å². The maximum atomic E-state index is 10.1. The van der Waals surface area contributed by atoms with Crippen LogP contribution in [0.3, 0.4) is 0 Å². The third-order valence-corrected chi connectivity index (χ3v) is 3.60.